The molecule has 2 aromatic heterocycles. The number of benzene rings is 1. The minimum absolute atomic E-state index is 0.144. The van der Waals surface area contributed by atoms with Crippen LogP contribution in [0.2, 0.25) is 0 Å². The number of hydrogen-bond acceptors (Lipinski definition) is 6. The second-order valence-electron chi connectivity index (χ2n) is 6.86. The standard InChI is InChI=1S/C22H25N5O3/c1-2-30-19-6-4-3-5-18(19)25-21(28)16-27-10-9-24-22(27)17-7-8-23-20(15-17)26-11-13-29-14-12-26/h3-10,15H,2,11-14,16H2,1H3,(H,25,28). The van der Waals surface area contributed by atoms with Gasteiger partial charge in [0.2, 0.25) is 5.91 Å². The molecule has 1 saturated heterocycles. The molecule has 0 aliphatic carbocycles. The van der Waals surface area contributed by atoms with E-state index in [1.165, 1.54) is 0 Å². The predicted octanol–water partition coefficient (Wildman–Crippen LogP) is 2.82. The maximum Gasteiger partial charge on any atom is 0.244 e. The van der Waals surface area contributed by atoms with E-state index in [4.69, 9.17) is 9.47 Å². The molecule has 4 rings (SSSR count). The Hall–Kier alpha value is -3.39. The second-order valence-corrected chi connectivity index (χ2v) is 6.86. The molecule has 0 unspecified atom stereocenters. The Morgan fingerprint density at radius 3 is 2.83 bits per heavy atom. The Kier molecular flexibility index (Phi) is 6.24. The topological polar surface area (TPSA) is 81.5 Å². The van der Waals surface area contributed by atoms with Gasteiger partial charge in [0.1, 0.15) is 23.9 Å². The van der Waals surface area contributed by atoms with Crippen LogP contribution in [0.4, 0.5) is 11.5 Å². The van der Waals surface area contributed by atoms with Crippen molar-refractivity contribution in [3.63, 3.8) is 0 Å². The minimum Gasteiger partial charge on any atom is -0.492 e. The highest BCUT2D eigenvalue weighted by molar-refractivity contribution is 5.92. The molecule has 1 fully saturated rings. The highest BCUT2D eigenvalue weighted by Crippen LogP contribution is 2.25. The van der Waals surface area contributed by atoms with Crippen molar-refractivity contribution in [2.75, 3.05) is 43.1 Å². The Bertz CT molecular complexity index is 998. The van der Waals surface area contributed by atoms with Crippen molar-refractivity contribution in [2.24, 2.45) is 0 Å². The first-order valence-electron chi connectivity index (χ1n) is 10.1. The third-order valence-electron chi connectivity index (χ3n) is 4.83. The molecule has 8 heteroatoms. The van der Waals surface area contributed by atoms with Gasteiger partial charge in [-0.2, -0.15) is 0 Å². The van der Waals surface area contributed by atoms with Crippen molar-refractivity contribution in [2.45, 2.75) is 13.5 Å². The summed E-state index contributed by atoms with van der Waals surface area (Å²) in [7, 11) is 0. The zero-order valence-corrected chi connectivity index (χ0v) is 17.0. The largest absolute Gasteiger partial charge is 0.492 e. The first-order chi connectivity index (χ1) is 14.7. The highest BCUT2D eigenvalue weighted by atomic mass is 16.5. The SMILES string of the molecule is CCOc1ccccc1NC(=O)Cn1ccnc1-c1ccnc(N2CCOCC2)c1. The lowest BCUT2D eigenvalue weighted by atomic mass is 10.2. The van der Waals surface area contributed by atoms with Crippen LogP contribution < -0.4 is 15.0 Å². The van der Waals surface area contributed by atoms with Gasteiger partial charge in [0.25, 0.3) is 0 Å². The molecule has 1 aliphatic rings. The zero-order chi connectivity index (χ0) is 20.8. The lowest BCUT2D eigenvalue weighted by Gasteiger charge is -2.28. The van der Waals surface area contributed by atoms with Crippen LogP contribution in [0.1, 0.15) is 6.92 Å². The lowest BCUT2D eigenvalue weighted by Crippen LogP contribution is -2.36. The second kappa shape index (κ2) is 9.41. The van der Waals surface area contributed by atoms with Crippen LogP contribution in [0.25, 0.3) is 11.4 Å². The fraction of sp³-hybridized carbons (Fsp3) is 0.318. The lowest BCUT2D eigenvalue weighted by molar-refractivity contribution is -0.116. The summed E-state index contributed by atoms with van der Waals surface area (Å²) in [5, 5.41) is 2.93. The zero-order valence-electron chi connectivity index (χ0n) is 17.0. The Labute approximate surface area is 175 Å². The van der Waals surface area contributed by atoms with Gasteiger partial charge < -0.3 is 24.3 Å². The summed E-state index contributed by atoms with van der Waals surface area (Å²) in [5.74, 6) is 2.12. The average molecular weight is 407 g/mol. The van der Waals surface area contributed by atoms with Gasteiger partial charge in [-0.3, -0.25) is 4.79 Å². The maximum absolute atomic E-state index is 12.7. The Balaban J connectivity index is 1.49. The Morgan fingerprint density at radius 2 is 2.00 bits per heavy atom. The number of hydrogen-bond donors (Lipinski definition) is 1. The number of amides is 1. The number of nitrogens with one attached hydrogen (secondary N) is 1. The van der Waals surface area contributed by atoms with Crippen LogP contribution in [0.3, 0.4) is 0 Å². The summed E-state index contributed by atoms with van der Waals surface area (Å²) >= 11 is 0. The number of pyridine rings is 1. The van der Waals surface area contributed by atoms with Crippen molar-refractivity contribution >= 4 is 17.4 Å². The third-order valence-corrected chi connectivity index (χ3v) is 4.83. The van der Waals surface area contributed by atoms with Crippen molar-refractivity contribution in [1.82, 2.24) is 14.5 Å². The van der Waals surface area contributed by atoms with E-state index in [0.717, 1.165) is 30.3 Å². The molecule has 156 valence electrons. The number of para-hydroxylation sites is 2. The molecule has 1 amide bonds. The minimum atomic E-state index is -0.149. The molecular weight excluding hydrogens is 382 g/mol. The number of rotatable bonds is 7. The van der Waals surface area contributed by atoms with Crippen LogP contribution in [-0.4, -0.2) is 53.4 Å². The van der Waals surface area contributed by atoms with Gasteiger partial charge in [0.15, 0.2) is 0 Å². The summed E-state index contributed by atoms with van der Waals surface area (Å²) in [5.41, 5.74) is 1.57. The number of imidazole rings is 1. The quantitative estimate of drug-likeness (QED) is 0.649. The number of morpholine rings is 1. The first-order valence-corrected chi connectivity index (χ1v) is 10.1. The van der Waals surface area contributed by atoms with Gasteiger partial charge in [-0.1, -0.05) is 12.1 Å². The molecule has 3 heterocycles. The van der Waals surface area contributed by atoms with Crippen LogP contribution in [-0.2, 0) is 16.1 Å². The Morgan fingerprint density at radius 1 is 1.17 bits per heavy atom. The monoisotopic (exact) mass is 407 g/mol. The van der Waals surface area contributed by atoms with E-state index in [1.54, 1.807) is 18.6 Å². The molecule has 0 spiro atoms. The smallest absolute Gasteiger partial charge is 0.244 e. The van der Waals surface area contributed by atoms with E-state index >= 15 is 0 Å². The molecule has 0 atom stereocenters. The van der Waals surface area contributed by atoms with Gasteiger partial charge in [0.05, 0.1) is 25.5 Å². The summed E-state index contributed by atoms with van der Waals surface area (Å²) in [4.78, 5) is 23.8. The van der Waals surface area contributed by atoms with E-state index < -0.39 is 0 Å². The molecule has 0 radical (unpaired) electrons. The maximum atomic E-state index is 12.7. The molecule has 8 nitrogen and oxygen atoms in total. The number of nitrogens with zero attached hydrogens (tertiary/aromatic N) is 4. The van der Waals surface area contributed by atoms with E-state index in [2.05, 4.69) is 20.2 Å². The number of ether oxygens (including phenoxy) is 2. The molecule has 0 bridgehead atoms. The number of aromatic nitrogens is 3. The van der Waals surface area contributed by atoms with Crippen molar-refractivity contribution in [1.29, 1.82) is 0 Å². The van der Waals surface area contributed by atoms with Gasteiger partial charge in [-0.15, -0.1) is 0 Å². The van der Waals surface area contributed by atoms with Crippen LogP contribution in [0.15, 0.2) is 55.0 Å². The van der Waals surface area contributed by atoms with E-state index in [-0.39, 0.29) is 12.5 Å². The van der Waals surface area contributed by atoms with Crippen molar-refractivity contribution in [3.8, 4) is 17.1 Å². The number of carbonyl (C=O) groups is 1. The van der Waals surface area contributed by atoms with Gasteiger partial charge in [0, 0.05) is 37.2 Å². The predicted molar refractivity (Wildman–Crippen MR) is 115 cm³/mol. The van der Waals surface area contributed by atoms with E-state index in [0.29, 0.717) is 31.3 Å². The molecule has 0 saturated carbocycles. The molecule has 1 aliphatic heterocycles. The number of carbonyl (C=O) groups excluding carboxylic acids is 1. The van der Waals surface area contributed by atoms with Crippen LogP contribution >= 0.6 is 0 Å². The van der Waals surface area contributed by atoms with Crippen LogP contribution in [0, 0.1) is 0 Å². The number of anilines is 2. The van der Waals surface area contributed by atoms with Gasteiger partial charge >= 0.3 is 0 Å². The summed E-state index contributed by atoms with van der Waals surface area (Å²) in [6.07, 6.45) is 5.28. The molecule has 1 aromatic carbocycles. The molecular formula is C22H25N5O3. The van der Waals surface area contributed by atoms with E-state index in [1.807, 2.05) is 47.9 Å². The van der Waals surface area contributed by atoms with Crippen LogP contribution in [0.5, 0.6) is 5.75 Å². The fourth-order valence-corrected chi connectivity index (χ4v) is 3.42. The molecule has 3 aromatic rings. The fourth-order valence-electron chi connectivity index (χ4n) is 3.42. The van der Waals surface area contributed by atoms with Crippen molar-refractivity contribution in [3.05, 3.63) is 55.0 Å². The third kappa shape index (κ3) is 4.60. The normalized spacial score (nSPS) is 13.8. The summed E-state index contributed by atoms with van der Waals surface area (Å²) in [6, 6.07) is 11.3. The highest BCUT2D eigenvalue weighted by Gasteiger charge is 2.16. The molecule has 30 heavy (non-hydrogen) atoms. The van der Waals surface area contributed by atoms with Crippen molar-refractivity contribution < 1.29 is 14.3 Å². The first kappa shape index (κ1) is 19.9. The van der Waals surface area contributed by atoms with E-state index in [9.17, 15) is 4.79 Å². The molecule has 1 N–H and O–H groups in total. The average Bonchev–Trinajstić information content (AvgIpc) is 3.24. The summed E-state index contributed by atoms with van der Waals surface area (Å²) in [6.45, 7) is 5.61. The summed E-state index contributed by atoms with van der Waals surface area (Å²) < 4.78 is 12.8. The van der Waals surface area contributed by atoms with Gasteiger partial charge in [-0.25, -0.2) is 9.97 Å². The van der Waals surface area contributed by atoms with Gasteiger partial charge in [-0.05, 0) is 31.2 Å².